The maximum absolute atomic E-state index is 4.65. The summed E-state index contributed by atoms with van der Waals surface area (Å²) in [5.74, 6) is 0. The molecule has 0 saturated heterocycles. The number of benzene rings is 3. The summed E-state index contributed by atoms with van der Waals surface area (Å²) in [6.45, 7) is 2.11. The summed E-state index contributed by atoms with van der Waals surface area (Å²) in [6, 6.07) is 29.6. The van der Waals surface area contributed by atoms with Crippen molar-refractivity contribution in [3.8, 4) is 0 Å². The fourth-order valence-corrected chi connectivity index (χ4v) is 4.49. The van der Waals surface area contributed by atoms with E-state index in [9.17, 15) is 0 Å². The third kappa shape index (κ3) is 2.96. The van der Waals surface area contributed by atoms with E-state index in [0.29, 0.717) is 0 Å². The van der Waals surface area contributed by atoms with Gasteiger partial charge < -0.3 is 4.90 Å². The molecule has 28 heavy (non-hydrogen) atoms. The lowest BCUT2D eigenvalue weighted by molar-refractivity contribution is 0.532. The molecule has 2 aliphatic rings. The smallest absolute Gasteiger partial charge is 0.195 e. The average Bonchev–Trinajstić information content (AvgIpc) is 3.19. The summed E-state index contributed by atoms with van der Waals surface area (Å²) in [4.78, 5) is 2.32. The van der Waals surface area contributed by atoms with Gasteiger partial charge in [0, 0.05) is 11.0 Å². The molecule has 0 N–H and O–H groups in total. The van der Waals surface area contributed by atoms with Gasteiger partial charge in [0.15, 0.2) is 5.17 Å². The molecule has 4 heteroatoms. The minimum atomic E-state index is -0.0151. The Morgan fingerprint density at radius 3 is 2.14 bits per heavy atom. The van der Waals surface area contributed by atoms with Crippen LogP contribution < -0.4 is 0 Å². The Bertz CT molecular complexity index is 1080. The molecule has 0 unspecified atom stereocenters. The van der Waals surface area contributed by atoms with E-state index < -0.39 is 0 Å². The van der Waals surface area contributed by atoms with Gasteiger partial charge in [-0.15, -0.1) is 10.2 Å². The predicted octanol–water partition coefficient (Wildman–Crippen LogP) is 5.86. The van der Waals surface area contributed by atoms with E-state index in [4.69, 9.17) is 0 Å². The van der Waals surface area contributed by atoms with E-state index in [-0.39, 0.29) is 6.04 Å². The van der Waals surface area contributed by atoms with Gasteiger partial charge >= 0.3 is 0 Å². The molecular formula is C24H19N3S. The molecule has 3 nitrogen and oxygen atoms in total. The highest BCUT2D eigenvalue weighted by atomic mass is 32.2. The summed E-state index contributed by atoms with van der Waals surface area (Å²) in [5, 5.41) is 12.3. The SMILES string of the molecule is Cc1ccc(C2=CSC3=NN=C(c4ccccc4)[C@@H](c4ccccc4)N23)cc1. The molecule has 0 bridgehead atoms. The number of fused-ring (bicyclic) bond motifs is 1. The van der Waals surface area contributed by atoms with Gasteiger partial charge in [-0.25, -0.2) is 0 Å². The molecular weight excluding hydrogens is 362 g/mol. The molecule has 0 fully saturated rings. The van der Waals surface area contributed by atoms with Crippen molar-refractivity contribution >= 4 is 28.3 Å². The Balaban J connectivity index is 1.65. The fraction of sp³-hybridized carbons (Fsp3) is 0.0833. The van der Waals surface area contributed by atoms with Crippen LogP contribution in [0.2, 0.25) is 0 Å². The van der Waals surface area contributed by atoms with Crippen molar-refractivity contribution in [3.05, 3.63) is 113 Å². The van der Waals surface area contributed by atoms with E-state index >= 15 is 0 Å². The standard InChI is InChI=1S/C24H19N3S/c1-17-12-14-18(15-13-17)21-16-28-24-26-25-22(19-8-4-2-5-9-19)23(27(21)24)20-10-6-3-7-11-20/h2-16,23H,1H3/t23-/m1/s1. The van der Waals surface area contributed by atoms with Crippen LogP contribution in [-0.4, -0.2) is 15.8 Å². The number of aryl methyl sites for hydroxylation is 1. The molecule has 5 rings (SSSR count). The summed E-state index contributed by atoms with van der Waals surface area (Å²) in [5.41, 5.74) is 6.89. The second kappa shape index (κ2) is 7.13. The Kier molecular flexibility index (Phi) is 4.34. The molecule has 2 heterocycles. The Hall–Kier alpha value is -3.11. The third-order valence-electron chi connectivity index (χ3n) is 5.03. The van der Waals surface area contributed by atoms with Crippen LogP contribution in [0.5, 0.6) is 0 Å². The fourth-order valence-electron chi connectivity index (χ4n) is 3.62. The van der Waals surface area contributed by atoms with Gasteiger partial charge in [-0.2, -0.15) is 0 Å². The van der Waals surface area contributed by atoms with E-state index in [1.54, 1.807) is 11.8 Å². The highest BCUT2D eigenvalue weighted by Gasteiger charge is 2.38. The van der Waals surface area contributed by atoms with E-state index in [1.165, 1.54) is 22.4 Å². The summed E-state index contributed by atoms with van der Waals surface area (Å²) >= 11 is 1.64. The molecule has 3 aromatic carbocycles. The largest absolute Gasteiger partial charge is 0.305 e. The first-order valence-corrected chi connectivity index (χ1v) is 10.2. The molecule has 0 amide bonds. The number of hydrogen-bond donors (Lipinski definition) is 0. The monoisotopic (exact) mass is 381 g/mol. The van der Waals surface area contributed by atoms with Crippen molar-refractivity contribution in [1.82, 2.24) is 4.90 Å². The van der Waals surface area contributed by atoms with Crippen LogP contribution in [-0.2, 0) is 0 Å². The first-order chi connectivity index (χ1) is 13.8. The lowest BCUT2D eigenvalue weighted by Crippen LogP contribution is -2.37. The second-order valence-electron chi connectivity index (χ2n) is 6.90. The average molecular weight is 382 g/mol. The number of hydrogen-bond acceptors (Lipinski definition) is 4. The van der Waals surface area contributed by atoms with E-state index in [2.05, 4.69) is 106 Å². The van der Waals surface area contributed by atoms with Crippen molar-refractivity contribution in [1.29, 1.82) is 0 Å². The maximum Gasteiger partial charge on any atom is 0.195 e. The number of amidine groups is 1. The van der Waals surface area contributed by atoms with Crippen molar-refractivity contribution in [3.63, 3.8) is 0 Å². The highest BCUT2D eigenvalue weighted by Crippen LogP contribution is 2.43. The first-order valence-electron chi connectivity index (χ1n) is 9.30. The van der Waals surface area contributed by atoms with Gasteiger partial charge in [0.05, 0.1) is 11.4 Å². The molecule has 2 aliphatic heterocycles. The molecule has 0 aliphatic carbocycles. The lowest BCUT2D eigenvalue weighted by Gasteiger charge is -2.35. The third-order valence-corrected chi connectivity index (χ3v) is 5.86. The van der Waals surface area contributed by atoms with Crippen molar-refractivity contribution in [2.24, 2.45) is 10.2 Å². The number of rotatable bonds is 3. The quantitative estimate of drug-likeness (QED) is 0.568. The molecule has 1 atom stereocenters. The topological polar surface area (TPSA) is 28.0 Å². The van der Waals surface area contributed by atoms with Gasteiger partial charge in [-0.05, 0) is 18.1 Å². The Morgan fingerprint density at radius 2 is 1.43 bits per heavy atom. The maximum atomic E-state index is 4.65. The molecule has 0 radical (unpaired) electrons. The van der Waals surface area contributed by atoms with Crippen molar-refractivity contribution in [2.75, 3.05) is 0 Å². The predicted molar refractivity (Wildman–Crippen MR) is 118 cm³/mol. The summed E-state index contributed by atoms with van der Waals surface area (Å²) < 4.78 is 0. The molecule has 0 saturated carbocycles. The van der Waals surface area contributed by atoms with Gasteiger partial charge in [0.2, 0.25) is 0 Å². The van der Waals surface area contributed by atoms with Gasteiger partial charge in [0.25, 0.3) is 0 Å². The van der Waals surface area contributed by atoms with Crippen LogP contribution >= 0.6 is 11.8 Å². The number of thioether (sulfide) groups is 1. The zero-order valence-corrected chi connectivity index (χ0v) is 16.3. The summed E-state index contributed by atoms with van der Waals surface area (Å²) in [6.07, 6.45) is 0. The van der Waals surface area contributed by atoms with Gasteiger partial charge in [0.1, 0.15) is 6.04 Å². The number of nitrogens with zero attached hydrogens (tertiary/aromatic N) is 3. The van der Waals surface area contributed by atoms with Crippen LogP contribution in [0.15, 0.2) is 101 Å². The Morgan fingerprint density at radius 1 is 0.750 bits per heavy atom. The normalized spacial score (nSPS) is 18.2. The summed E-state index contributed by atoms with van der Waals surface area (Å²) in [7, 11) is 0. The zero-order valence-electron chi connectivity index (χ0n) is 15.5. The first kappa shape index (κ1) is 17.0. The van der Waals surface area contributed by atoms with Gasteiger partial charge in [-0.1, -0.05) is 102 Å². The van der Waals surface area contributed by atoms with E-state index in [0.717, 1.165) is 16.4 Å². The van der Waals surface area contributed by atoms with Gasteiger partial charge in [-0.3, -0.25) is 0 Å². The van der Waals surface area contributed by atoms with Crippen molar-refractivity contribution in [2.45, 2.75) is 13.0 Å². The highest BCUT2D eigenvalue weighted by molar-refractivity contribution is 8.16. The minimum Gasteiger partial charge on any atom is -0.305 e. The minimum absolute atomic E-state index is 0.0151. The molecule has 136 valence electrons. The van der Waals surface area contributed by atoms with Crippen LogP contribution in [0, 0.1) is 6.92 Å². The molecule has 3 aromatic rings. The lowest BCUT2D eigenvalue weighted by atomic mass is 9.94. The van der Waals surface area contributed by atoms with E-state index in [1.807, 2.05) is 6.07 Å². The van der Waals surface area contributed by atoms with Crippen LogP contribution in [0.1, 0.15) is 28.3 Å². The van der Waals surface area contributed by atoms with Crippen LogP contribution in [0.25, 0.3) is 5.70 Å². The van der Waals surface area contributed by atoms with Crippen molar-refractivity contribution < 1.29 is 0 Å². The van der Waals surface area contributed by atoms with Crippen LogP contribution in [0.4, 0.5) is 0 Å². The molecule has 0 aromatic heterocycles. The molecule has 0 spiro atoms. The zero-order chi connectivity index (χ0) is 18.9. The second-order valence-corrected chi connectivity index (χ2v) is 7.74. The Labute approximate surface area is 169 Å². The van der Waals surface area contributed by atoms with Crippen LogP contribution in [0.3, 0.4) is 0 Å².